The number of halogens is 1. The van der Waals surface area contributed by atoms with Gasteiger partial charge in [-0.2, -0.15) is 0 Å². The molecule has 0 spiro atoms. The Hall–Kier alpha value is -0.430. The summed E-state index contributed by atoms with van der Waals surface area (Å²) < 4.78 is 5.22. The quantitative estimate of drug-likeness (QED) is 0.631. The first-order valence-electron chi connectivity index (χ1n) is 5.63. The lowest BCUT2D eigenvalue weighted by Gasteiger charge is -2.28. The van der Waals surface area contributed by atoms with Crippen LogP contribution >= 0.6 is 11.6 Å². The minimum atomic E-state index is 0.127. The molecule has 0 amide bonds. The minimum Gasteiger partial charge on any atom is -0.501 e. The summed E-state index contributed by atoms with van der Waals surface area (Å²) in [5, 5.41) is 0.816. The predicted octanol–water partition coefficient (Wildman–Crippen LogP) is 4.49. The van der Waals surface area contributed by atoms with Gasteiger partial charge in [0.1, 0.15) is 0 Å². The molecule has 0 aromatic heterocycles. The van der Waals surface area contributed by atoms with E-state index in [1.165, 1.54) is 0 Å². The summed E-state index contributed by atoms with van der Waals surface area (Å²) in [7, 11) is 1.69. The maximum atomic E-state index is 6.17. The number of ether oxygens (including phenoxy) is 1. The van der Waals surface area contributed by atoms with Gasteiger partial charge in [-0.1, -0.05) is 38.1 Å². The third kappa shape index (κ3) is 2.57. The van der Waals surface area contributed by atoms with Gasteiger partial charge >= 0.3 is 0 Å². The molecule has 1 aliphatic rings. The molecule has 0 bridgehead atoms. The second-order valence-corrected chi connectivity index (χ2v) is 5.00. The standard InChI is InChI=1S/C13H21ClO/c1-5-7-13(11(3)14)8-6-12(9-13)10(2)15-4/h12H,2-3,5-9H2,1,4H3. The Labute approximate surface area is 98.2 Å². The molecular formula is C13H21ClO. The van der Waals surface area contributed by atoms with E-state index in [-0.39, 0.29) is 5.41 Å². The van der Waals surface area contributed by atoms with E-state index in [2.05, 4.69) is 20.1 Å². The molecule has 2 atom stereocenters. The number of hydrogen-bond acceptors (Lipinski definition) is 1. The molecule has 15 heavy (non-hydrogen) atoms. The molecule has 1 aliphatic carbocycles. The summed E-state index contributed by atoms with van der Waals surface area (Å²) in [5.41, 5.74) is 0.127. The van der Waals surface area contributed by atoms with Gasteiger partial charge in [0.15, 0.2) is 0 Å². The van der Waals surface area contributed by atoms with Gasteiger partial charge in [-0.25, -0.2) is 0 Å². The van der Waals surface area contributed by atoms with Gasteiger partial charge in [-0.3, -0.25) is 0 Å². The van der Waals surface area contributed by atoms with Crippen molar-refractivity contribution in [2.75, 3.05) is 7.11 Å². The van der Waals surface area contributed by atoms with Gasteiger partial charge in [0.2, 0.25) is 0 Å². The first-order valence-corrected chi connectivity index (χ1v) is 6.01. The zero-order valence-corrected chi connectivity index (χ0v) is 10.6. The second-order valence-electron chi connectivity index (χ2n) is 4.55. The number of hydrogen-bond donors (Lipinski definition) is 0. The molecular weight excluding hydrogens is 208 g/mol. The van der Waals surface area contributed by atoms with Crippen molar-refractivity contribution in [3.8, 4) is 0 Å². The molecule has 1 saturated carbocycles. The van der Waals surface area contributed by atoms with Crippen LogP contribution in [0.5, 0.6) is 0 Å². The van der Waals surface area contributed by atoms with Gasteiger partial charge in [-0.05, 0) is 25.7 Å². The van der Waals surface area contributed by atoms with Gasteiger partial charge < -0.3 is 4.74 Å². The third-order valence-electron chi connectivity index (χ3n) is 3.63. The smallest absolute Gasteiger partial charge is 0.0915 e. The Kier molecular flexibility index (Phi) is 4.27. The minimum absolute atomic E-state index is 0.127. The topological polar surface area (TPSA) is 9.23 Å². The van der Waals surface area contributed by atoms with Crippen LogP contribution in [0.25, 0.3) is 0 Å². The monoisotopic (exact) mass is 228 g/mol. The Morgan fingerprint density at radius 3 is 2.67 bits per heavy atom. The van der Waals surface area contributed by atoms with E-state index >= 15 is 0 Å². The molecule has 86 valence electrons. The van der Waals surface area contributed by atoms with E-state index in [1.807, 2.05) is 0 Å². The first-order chi connectivity index (χ1) is 7.05. The average Bonchev–Trinajstić information content (AvgIpc) is 2.63. The Bertz CT molecular complexity index is 259. The highest BCUT2D eigenvalue weighted by molar-refractivity contribution is 6.30. The molecule has 0 aromatic carbocycles. The molecule has 1 fully saturated rings. The van der Waals surface area contributed by atoms with Crippen molar-refractivity contribution in [3.05, 3.63) is 23.9 Å². The summed E-state index contributed by atoms with van der Waals surface area (Å²) in [6.45, 7) is 10.1. The van der Waals surface area contributed by atoms with E-state index in [0.717, 1.165) is 42.9 Å². The molecule has 0 N–H and O–H groups in total. The number of allylic oxidation sites excluding steroid dienone is 2. The van der Waals surface area contributed by atoms with Gasteiger partial charge in [0.05, 0.1) is 12.9 Å². The summed E-state index contributed by atoms with van der Waals surface area (Å²) in [6.07, 6.45) is 5.57. The predicted molar refractivity (Wildman–Crippen MR) is 65.8 cm³/mol. The highest BCUT2D eigenvalue weighted by atomic mass is 35.5. The fraction of sp³-hybridized carbons (Fsp3) is 0.692. The Balaban J connectivity index is 2.72. The molecule has 1 nitrogen and oxygen atoms in total. The highest BCUT2D eigenvalue weighted by Crippen LogP contribution is 2.52. The maximum absolute atomic E-state index is 6.17. The van der Waals surface area contributed by atoms with Crippen molar-refractivity contribution in [1.29, 1.82) is 0 Å². The highest BCUT2D eigenvalue weighted by Gasteiger charge is 2.41. The summed E-state index contributed by atoms with van der Waals surface area (Å²) >= 11 is 6.17. The van der Waals surface area contributed by atoms with Crippen LogP contribution in [0.2, 0.25) is 0 Å². The zero-order chi connectivity index (χ0) is 11.5. The van der Waals surface area contributed by atoms with Gasteiger partial charge in [0.25, 0.3) is 0 Å². The lowest BCUT2D eigenvalue weighted by molar-refractivity contribution is 0.234. The van der Waals surface area contributed by atoms with Crippen molar-refractivity contribution in [2.45, 2.75) is 39.0 Å². The van der Waals surface area contributed by atoms with Crippen LogP contribution in [0.1, 0.15) is 39.0 Å². The third-order valence-corrected chi connectivity index (χ3v) is 4.03. The number of methoxy groups -OCH3 is 1. The molecule has 2 heteroatoms. The van der Waals surface area contributed by atoms with Crippen molar-refractivity contribution < 1.29 is 4.74 Å². The lowest BCUT2D eigenvalue weighted by Crippen LogP contribution is -2.17. The van der Waals surface area contributed by atoms with Crippen LogP contribution in [0.15, 0.2) is 23.9 Å². The zero-order valence-electron chi connectivity index (χ0n) is 9.81. The van der Waals surface area contributed by atoms with E-state index in [1.54, 1.807) is 7.11 Å². The van der Waals surface area contributed by atoms with Crippen molar-refractivity contribution in [2.24, 2.45) is 11.3 Å². The Morgan fingerprint density at radius 2 is 2.20 bits per heavy atom. The largest absolute Gasteiger partial charge is 0.501 e. The summed E-state index contributed by atoms with van der Waals surface area (Å²) in [5.74, 6) is 1.35. The van der Waals surface area contributed by atoms with Crippen LogP contribution in [-0.2, 0) is 4.74 Å². The fourth-order valence-electron chi connectivity index (χ4n) is 2.66. The van der Waals surface area contributed by atoms with Crippen LogP contribution in [-0.4, -0.2) is 7.11 Å². The van der Waals surface area contributed by atoms with Gasteiger partial charge in [0, 0.05) is 16.4 Å². The molecule has 0 radical (unpaired) electrons. The first kappa shape index (κ1) is 12.6. The Morgan fingerprint density at radius 1 is 1.53 bits per heavy atom. The number of rotatable bonds is 5. The fourth-order valence-corrected chi connectivity index (χ4v) is 2.92. The normalized spacial score (nSPS) is 30.2. The van der Waals surface area contributed by atoms with E-state index in [0.29, 0.717) is 5.92 Å². The molecule has 0 heterocycles. The van der Waals surface area contributed by atoms with Crippen molar-refractivity contribution in [3.63, 3.8) is 0 Å². The molecule has 2 unspecified atom stereocenters. The van der Waals surface area contributed by atoms with Crippen LogP contribution in [0.4, 0.5) is 0 Å². The van der Waals surface area contributed by atoms with E-state index < -0.39 is 0 Å². The molecule has 0 aliphatic heterocycles. The van der Waals surface area contributed by atoms with Crippen LogP contribution < -0.4 is 0 Å². The SMILES string of the molecule is C=C(OC)C1CCC(CCC)(C(=C)Cl)C1. The molecule has 1 rings (SSSR count). The second kappa shape index (κ2) is 5.07. The maximum Gasteiger partial charge on any atom is 0.0915 e. The van der Waals surface area contributed by atoms with Crippen molar-refractivity contribution in [1.82, 2.24) is 0 Å². The lowest BCUT2D eigenvalue weighted by atomic mass is 9.80. The molecule has 0 saturated heterocycles. The summed E-state index contributed by atoms with van der Waals surface area (Å²) in [6, 6.07) is 0. The van der Waals surface area contributed by atoms with Gasteiger partial charge in [-0.15, -0.1) is 0 Å². The average molecular weight is 229 g/mol. The van der Waals surface area contributed by atoms with Crippen LogP contribution in [0.3, 0.4) is 0 Å². The summed E-state index contributed by atoms with van der Waals surface area (Å²) in [4.78, 5) is 0. The van der Waals surface area contributed by atoms with E-state index in [4.69, 9.17) is 16.3 Å². The molecule has 0 aromatic rings. The van der Waals surface area contributed by atoms with Crippen molar-refractivity contribution >= 4 is 11.6 Å². The van der Waals surface area contributed by atoms with E-state index in [9.17, 15) is 0 Å². The van der Waals surface area contributed by atoms with Crippen LogP contribution in [0, 0.1) is 11.3 Å².